The van der Waals surface area contributed by atoms with Gasteiger partial charge in [0.1, 0.15) is 36.3 Å². The molecule has 2 bridgehead atoms. The van der Waals surface area contributed by atoms with Gasteiger partial charge in [-0.2, -0.15) is 0 Å². The Morgan fingerprint density at radius 3 is 1.45 bits per heavy atom. The van der Waals surface area contributed by atoms with E-state index in [0.717, 1.165) is 32.9 Å². The third-order valence-electron chi connectivity index (χ3n) is 12.5. The summed E-state index contributed by atoms with van der Waals surface area (Å²) in [7, 11) is 0. The molecule has 0 radical (unpaired) electrons. The van der Waals surface area contributed by atoms with Crippen molar-refractivity contribution in [1.29, 1.82) is 0 Å². The van der Waals surface area contributed by atoms with Gasteiger partial charge >= 0.3 is 0 Å². The Kier molecular flexibility index (Phi) is 15.8. The molecule has 0 aliphatic carbocycles. The molecule has 8 atom stereocenters. The van der Waals surface area contributed by atoms with E-state index in [1.165, 1.54) is 11.8 Å². The highest BCUT2D eigenvalue weighted by Crippen LogP contribution is 2.40. The summed E-state index contributed by atoms with van der Waals surface area (Å²) in [4.78, 5) is 93.6. The van der Waals surface area contributed by atoms with Crippen molar-refractivity contribution in [3.8, 4) is 0 Å². The van der Waals surface area contributed by atoms with Crippen molar-refractivity contribution in [2.24, 2.45) is 23.7 Å². The van der Waals surface area contributed by atoms with Gasteiger partial charge in [-0.25, -0.2) is 0 Å². The van der Waals surface area contributed by atoms with Crippen LogP contribution in [0.4, 0.5) is 0 Å². The molecule has 2 aromatic heterocycles. The lowest BCUT2D eigenvalue weighted by atomic mass is 9.97. The fraction of sp³-hybridized carbons (Fsp3) is 0.551. The van der Waals surface area contributed by atoms with Crippen LogP contribution in [0.25, 0.3) is 21.8 Å². The maximum atomic E-state index is 14.7. The van der Waals surface area contributed by atoms with E-state index >= 15 is 0 Å². The number of hydrogen-bond donors (Lipinski definition) is 9. The van der Waals surface area contributed by atoms with Gasteiger partial charge in [-0.05, 0) is 73.6 Å². The van der Waals surface area contributed by atoms with Crippen molar-refractivity contribution >= 4 is 69.0 Å². The average molecular weight is 912 g/mol. The van der Waals surface area contributed by atoms with Gasteiger partial charge in [-0.15, -0.1) is 11.8 Å². The number of carbonyl (C=O) groups excluding carboxylic acids is 6. The quantitative estimate of drug-likeness (QED) is 0.110. The van der Waals surface area contributed by atoms with Crippen LogP contribution in [0.3, 0.4) is 0 Å². The zero-order valence-corrected chi connectivity index (χ0v) is 40.2. The van der Waals surface area contributed by atoms with Crippen LogP contribution in [0.15, 0.2) is 60.9 Å². The molecule has 9 N–H and O–H groups in total. The fourth-order valence-electron chi connectivity index (χ4n) is 8.93. The van der Waals surface area contributed by atoms with E-state index in [-0.39, 0.29) is 42.9 Å². The first-order valence-electron chi connectivity index (χ1n) is 23.1. The summed E-state index contributed by atoms with van der Waals surface area (Å²) in [5.74, 6) is -3.64. The van der Waals surface area contributed by atoms with Crippen molar-refractivity contribution in [3.63, 3.8) is 0 Å². The summed E-state index contributed by atoms with van der Waals surface area (Å²) in [5.41, 5.74) is 3.35. The number of hydrogen-bond acceptors (Lipinski definition) is 8. The highest BCUT2D eigenvalue weighted by Gasteiger charge is 2.49. The maximum Gasteiger partial charge on any atom is 0.243 e. The van der Waals surface area contributed by atoms with Gasteiger partial charge in [0.25, 0.3) is 0 Å². The number of amides is 6. The van der Waals surface area contributed by atoms with Crippen LogP contribution in [0.1, 0.15) is 93.2 Å². The van der Waals surface area contributed by atoms with Gasteiger partial charge in [0.15, 0.2) is 0 Å². The summed E-state index contributed by atoms with van der Waals surface area (Å²) < 4.78 is -0.675. The van der Waals surface area contributed by atoms with Gasteiger partial charge in [0.05, 0.1) is 11.4 Å². The largest absolute Gasteiger partial charge is 0.361 e. The molecule has 4 aromatic rings. The van der Waals surface area contributed by atoms with E-state index in [4.69, 9.17) is 0 Å². The van der Waals surface area contributed by atoms with Crippen molar-refractivity contribution in [2.45, 2.75) is 147 Å². The van der Waals surface area contributed by atoms with Crippen LogP contribution in [-0.2, 0) is 41.6 Å². The highest BCUT2D eigenvalue weighted by molar-refractivity contribution is 8.01. The summed E-state index contributed by atoms with van der Waals surface area (Å²) in [5, 5.41) is 23.0. The van der Waals surface area contributed by atoms with Crippen molar-refractivity contribution in [1.82, 2.24) is 47.2 Å². The number of para-hydroxylation sites is 2. The molecule has 2 saturated heterocycles. The van der Waals surface area contributed by atoms with Gasteiger partial charge in [-0.3, -0.25) is 34.1 Å². The molecule has 2 aliphatic rings. The summed E-state index contributed by atoms with van der Waals surface area (Å²) in [6.45, 7) is 19.3. The molecule has 16 heteroatoms. The predicted molar refractivity (Wildman–Crippen MR) is 257 cm³/mol. The van der Waals surface area contributed by atoms with Gasteiger partial charge in [0.2, 0.25) is 35.4 Å². The van der Waals surface area contributed by atoms with E-state index in [1.54, 1.807) is 6.20 Å². The second-order valence-electron chi connectivity index (χ2n) is 19.9. The van der Waals surface area contributed by atoms with Crippen LogP contribution in [0, 0.1) is 23.7 Å². The minimum atomic E-state index is -1.15. The molecule has 4 heterocycles. The monoisotopic (exact) mass is 912 g/mol. The molecule has 352 valence electrons. The normalized spacial score (nSPS) is 26.5. The number of benzene rings is 2. The van der Waals surface area contributed by atoms with Gasteiger partial charge in [-0.1, -0.05) is 91.8 Å². The van der Waals surface area contributed by atoms with Crippen LogP contribution in [0.5, 0.6) is 0 Å². The first-order valence-corrected chi connectivity index (χ1v) is 24.0. The van der Waals surface area contributed by atoms with Crippen molar-refractivity contribution in [3.05, 3.63) is 72.1 Å². The molecule has 6 rings (SSSR count). The summed E-state index contributed by atoms with van der Waals surface area (Å²) >= 11 is 1.53. The fourth-order valence-corrected chi connectivity index (χ4v) is 10.6. The lowest BCUT2D eigenvalue weighted by Gasteiger charge is -2.31. The Morgan fingerprint density at radius 2 is 0.954 bits per heavy atom. The molecule has 0 spiro atoms. The number of aromatic amines is 2. The molecule has 2 aliphatic heterocycles. The molecule has 6 amide bonds. The number of rotatable bonds is 10. The van der Waals surface area contributed by atoms with E-state index in [2.05, 4.69) is 47.2 Å². The van der Waals surface area contributed by atoms with E-state index in [1.807, 2.05) is 124 Å². The number of H-pyrrole nitrogens is 2. The first kappa shape index (κ1) is 49.1. The van der Waals surface area contributed by atoms with Crippen molar-refractivity contribution in [2.75, 3.05) is 0 Å². The summed E-state index contributed by atoms with van der Waals surface area (Å²) in [6.07, 6.45) is 4.40. The van der Waals surface area contributed by atoms with E-state index < -0.39 is 87.9 Å². The molecule has 1 unspecified atom stereocenters. The maximum absolute atomic E-state index is 14.7. The number of nitrogens with one attached hydrogen (secondary N) is 9. The highest BCUT2D eigenvalue weighted by atomic mass is 32.2. The van der Waals surface area contributed by atoms with Crippen molar-refractivity contribution < 1.29 is 28.8 Å². The minimum absolute atomic E-state index is 0.00447. The minimum Gasteiger partial charge on any atom is -0.361 e. The summed E-state index contributed by atoms with van der Waals surface area (Å²) in [6, 6.07) is 8.77. The second-order valence-corrected chi connectivity index (χ2v) is 21.7. The number of aromatic nitrogens is 2. The zero-order valence-electron chi connectivity index (χ0n) is 39.4. The van der Waals surface area contributed by atoms with Gasteiger partial charge < -0.3 is 41.9 Å². The molecule has 0 saturated carbocycles. The Labute approximate surface area is 386 Å². The lowest BCUT2D eigenvalue weighted by molar-refractivity contribution is -0.136. The third-order valence-corrected chi connectivity index (χ3v) is 14.0. The number of thioether (sulfide) groups is 1. The Bertz CT molecular complexity index is 2350. The molecular weight excluding hydrogens is 843 g/mol. The third kappa shape index (κ3) is 11.9. The number of carbonyl (C=O) groups is 6. The zero-order chi connectivity index (χ0) is 47.3. The standard InChI is InChI=1S/C49H69N9O6S/c1-25(2)19-35-42(59)53-37(21-29-23-50-33-17-13-11-15-31(29)33)43(60)52-36(20-26(3)4)44(61)56-39(27(5)6)46(63)54-38(22-30-24-51-34-18-14-12-16-32(30)34)45(62)57-40(28(7)8)48-58-41(47(64)55-35)49(9,10)65-48/h11-18,23-28,35-41,48,50-51,58H,19-22H2,1-10H3,(H,52,60)(H,53,59)(H,54,63)(H,55,64)(H,56,61)(H,57,62)/t35-,36-,37+,38-,39+,40+,41-,48?/m1/s1. The van der Waals surface area contributed by atoms with E-state index in [9.17, 15) is 28.8 Å². The average Bonchev–Trinajstić information content (AvgIpc) is 3.94. The smallest absolute Gasteiger partial charge is 0.243 e. The van der Waals surface area contributed by atoms with Crippen LogP contribution in [0.2, 0.25) is 0 Å². The van der Waals surface area contributed by atoms with E-state index in [0.29, 0.717) is 6.42 Å². The van der Waals surface area contributed by atoms with Crippen LogP contribution in [-0.4, -0.2) is 97.8 Å². The SMILES string of the molecule is CC(C)C[C@H]1NC(=O)[C@H](Cc2c[nH]c3ccccc23)NC(=O)[C@@H](CC(C)C)NC(=O)[C@H]2NC(SC2(C)C)[C@H](C(C)C)NC(=O)[C@@H](Cc2c[nH]c3ccccc23)NC(=O)[C@H](C(C)C)NC1=O. The van der Waals surface area contributed by atoms with Gasteiger partial charge in [0, 0.05) is 51.8 Å². The Balaban J connectivity index is 1.41. The molecule has 2 aromatic carbocycles. The molecule has 15 nitrogen and oxygen atoms in total. The lowest BCUT2D eigenvalue weighted by Crippen LogP contribution is -2.61. The van der Waals surface area contributed by atoms with Crippen LogP contribution >= 0.6 is 11.8 Å². The molecular formula is C49H69N9O6S. The molecule has 2 fully saturated rings. The Hall–Kier alpha value is -5.35. The Morgan fingerprint density at radius 1 is 0.523 bits per heavy atom. The topological polar surface area (TPSA) is 218 Å². The molecule has 65 heavy (non-hydrogen) atoms. The predicted octanol–water partition coefficient (Wildman–Crippen LogP) is 4.57. The van der Waals surface area contributed by atoms with Crippen LogP contribution < -0.4 is 37.2 Å². The second kappa shape index (κ2) is 20.9. The first-order chi connectivity index (χ1) is 30.7. The number of fused-ring (bicyclic) bond motifs is 4.